The number of nitrogens with one attached hydrogen (secondary N) is 1. The number of amides is 1. The molecule has 27 heavy (non-hydrogen) atoms. The van der Waals surface area contributed by atoms with Gasteiger partial charge in [-0.1, -0.05) is 30.3 Å². The lowest BCUT2D eigenvalue weighted by molar-refractivity contribution is -0.132. The zero-order chi connectivity index (χ0) is 19.2. The van der Waals surface area contributed by atoms with Gasteiger partial charge in [-0.3, -0.25) is 9.59 Å². The standard InChI is InChI=1S/C21H27N3O3/c1-15-22-14-18(21(27)23-15)13-20(26)24-11-9-17(10-12-24)19(25)8-7-16-5-3-2-4-6-16/h2-6,14,17,19,25H,7-13H2,1H3,(H,22,23,27)/t19-/m0/s1. The Hall–Kier alpha value is -2.47. The van der Waals surface area contributed by atoms with Gasteiger partial charge in [0, 0.05) is 24.8 Å². The third kappa shape index (κ3) is 5.26. The van der Waals surface area contributed by atoms with Crippen molar-refractivity contribution in [3.05, 3.63) is 63.8 Å². The number of nitrogens with zero attached hydrogens (tertiary/aromatic N) is 2. The van der Waals surface area contributed by atoms with Crippen molar-refractivity contribution in [3.8, 4) is 0 Å². The van der Waals surface area contributed by atoms with Gasteiger partial charge in [0.15, 0.2) is 0 Å². The lowest BCUT2D eigenvalue weighted by Crippen LogP contribution is -2.42. The highest BCUT2D eigenvalue weighted by Gasteiger charge is 2.27. The summed E-state index contributed by atoms with van der Waals surface area (Å²) in [4.78, 5) is 32.8. The van der Waals surface area contributed by atoms with Crippen LogP contribution in [0.1, 0.15) is 36.2 Å². The van der Waals surface area contributed by atoms with Crippen LogP contribution in [0.3, 0.4) is 0 Å². The maximum absolute atomic E-state index is 12.5. The Kier molecular flexibility index (Phi) is 6.40. The van der Waals surface area contributed by atoms with Gasteiger partial charge in [-0.2, -0.15) is 0 Å². The molecule has 0 radical (unpaired) electrons. The van der Waals surface area contributed by atoms with Gasteiger partial charge in [-0.05, 0) is 44.1 Å². The molecule has 2 N–H and O–H groups in total. The molecule has 2 aromatic rings. The number of piperidine rings is 1. The van der Waals surface area contributed by atoms with Crippen LogP contribution in [0.15, 0.2) is 41.3 Å². The first kappa shape index (κ1) is 19.3. The molecular weight excluding hydrogens is 342 g/mol. The van der Waals surface area contributed by atoms with Crippen LogP contribution in [0.5, 0.6) is 0 Å². The van der Waals surface area contributed by atoms with Crippen molar-refractivity contribution in [1.82, 2.24) is 14.9 Å². The van der Waals surface area contributed by atoms with Crippen LogP contribution in [0.4, 0.5) is 0 Å². The Bertz CT molecular complexity index is 811. The number of likely N-dealkylation sites (tertiary alicyclic amines) is 1. The van der Waals surface area contributed by atoms with Crippen LogP contribution in [-0.4, -0.2) is 45.1 Å². The van der Waals surface area contributed by atoms with Crippen LogP contribution in [-0.2, 0) is 17.6 Å². The second-order valence-corrected chi connectivity index (χ2v) is 7.31. The Morgan fingerprint density at radius 2 is 2.00 bits per heavy atom. The number of carbonyl (C=O) groups is 1. The molecule has 1 atom stereocenters. The number of aliphatic hydroxyl groups excluding tert-OH is 1. The first-order chi connectivity index (χ1) is 13.0. The molecule has 0 saturated carbocycles. The van der Waals surface area contributed by atoms with Crippen molar-refractivity contribution >= 4 is 5.91 Å². The topological polar surface area (TPSA) is 86.3 Å². The highest BCUT2D eigenvalue weighted by atomic mass is 16.3. The summed E-state index contributed by atoms with van der Waals surface area (Å²) >= 11 is 0. The summed E-state index contributed by atoms with van der Waals surface area (Å²) in [6.07, 6.45) is 4.41. The van der Waals surface area contributed by atoms with Crippen LogP contribution >= 0.6 is 0 Å². The molecular formula is C21H27N3O3. The molecule has 6 heteroatoms. The van der Waals surface area contributed by atoms with E-state index in [0.29, 0.717) is 24.5 Å². The molecule has 1 saturated heterocycles. The quantitative estimate of drug-likeness (QED) is 0.814. The number of hydrogen-bond donors (Lipinski definition) is 2. The van der Waals surface area contributed by atoms with Crippen molar-refractivity contribution in [1.29, 1.82) is 0 Å². The van der Waals surface area contributed by atoms with E-state index in [1.165, 1.54) is 11.8 Å². The van der Waals surface area contributed by atoms with E-state index in [-0.39, 0.29) is 29.9 Å². The number of rotatable bonds is 6. The van der Waals surface area contributed by atoms with Gasteiger partial charge in [-0.15, -0.1) is 0 Å². The fourth-order valence-electron chi connectivity index (χ4n) is 3.64. The van der Waals surface area contributed by atoms with E-state index in [1.807, 2.05) is 18.2 Å². The van der Waals surface area contributed by atoms with E-state index >= 15 is 0 Å². The van der Waals surface area contributed by atoms with Gasteiger partial charge in [-0.25, -0.2) is 4.98 Å². The second kappa shape index (κ2) is 8.95. The first-order valence-corrected chi connectivity index (χ1v) is 9.57. The molecule has 1 fully saturated rings. The average molecular weight is 369 g/mol. The molecule has 0 unspecified atom stereocenters. The highest BCUT2D eigenvalue weighted by Crippen LogP contribution is 2.24. The maximum Gasteiger partial charge on any atom is 0.254 e. The Balaban J connectivity index is 1.46. The van der Waals surface area contributed by atoms with Crippen LogP contribution in [0.2, 0.25) is 0 Å². The number of aromatic amines is 1. The van der Waals surface area contributed by atoms with Crippen molar-refractivity contribution in [2.75, 3.05) is 13.1 Å². The zero-order valence-electron chi connectivity index (χ0n) is 15.7. The molecule has 0 aliphatic carbocycles. The molecule has 0 spiro atoms. The van der Waals surface area contributed by atoms with Crippen LogP contribution in [0.25, 0.3) is 0 Å². The number of aromatic nitrogens is 2. The Labute approximate surface area is 159 Å². The fraction of sp³-hybridized carbons (Fsp3) is 0.476. The molecule has 1 aromatic heterocycles. The summed E-state index contributed by atoms with van der Waals surface area (Å²) in [5.41, 5.74) is 1.39. The van der Waals surface area contributed by atoms with Crippen molar-refractivity contribution in [3.63, 3.8) is 0 Å². The summed E-state index contributed by atoms with van der Waals surface area (Å²) in [7, 11) is 0. The smallest absolute Gasteiger partial charge is 0.254 e. The van der Waals surface area contributed by atoms with Gasteiger partial charge < -0.3 is 15.0 Å². The average Bonchev–Trinajstić information content (AvgIpc) is 2.69. The minimum Gasteiger partial charge on any atom is -0.393 e. The third-order valence-electron chi connectivity index (χ3n) is 5.35. The Morgan fingerprint density at radius 1 is 1.30 bits per heavy atom. The lowest BCUT2D eigenvalue weighted by Gasteiger charge is -2.34. The minimum atomic E-state index is -0.341. The van der Waals surface area contributed by atoms with E-state index in [0.717, 1.165) is 25.7 Å². The Morgan fingerprint density at radius 3 is 2.67 bits per heavy atom. The summed E-state index contributed by atoms with van der Waals surface area (Å²) in [5.74, 6) is 0.715. The van der Waals surface area contributed by atoms with Gasteiger partial charge in [0.1, 0.15) is 5.82 Å². The predicted octanol–water partition coefficient (Wildman–Crippen LogP) is 1.85. The van der Waals surface area contributed by atoms with E-state index in [9.17, 15) is 14.7 Å². The third-order valence-corrected chi connectivity index (χ3v) is 5.35. The lowest BCUT2D eigenvalue weighted by atomic mass is 9.88. The zero-order valence-corrected chi connectivity index (χ0v) is 15.7. The van der Waals surface area contributed by atoms with E-state index < -0.39 is 0 Å². The highest BCUT2D eigenvalue weighted by molar-refractivity contribution is 5.78. The summed E-state index contributed by atoms with van der Waals surface area (Å²) in [5, 5.41) is 10.5. The number of hydrogen-bond acceptors (Lipinski definition) is 4. The number of H-pyrrole nitrogens is 1. The summed E-state index contributed by atoms with van der Waals surface area (Å²) in [6, 6.07) is 10.2. The molecule has 144 valence electrons. The van der Waals surface area contributed by atoms with Crippen LogP contribution < -0.4 is 5.56 Å². The molecule has 1 amide bonds. The normalized spacial score (nSPS) is 16.3. The fourth-order valence-corrected chi connectivity index (χ4v) is 3.64. The number of benzene rings is 1. The molecule has 2 heterocycles. The van der Waals surface area contributed by atoms with Crippen LogP contribution in [0, 0.1) is 12.8 Å². The SMILES string of the molecule is Cc1ncc(CC(=O)N2CCC([C@@H](O)CCc3ccccc3)CC2)c(=O)[nH]1. The second-order valence-electron chi connectivity index (χ2n) is 7.31. The van der Waals surface area contributed by atoms with E-state index in [4.69, 9.17) is 0 Å². The predicted molar refractivity (Wildman–Crippen MR) is 103 cm³/mol. The molecule has 1 aliphatic rings. The molecule has 3 rings (SSSR count). The van der Waals surface area contributed by atoms with E-state index in [1.54, 1.807) is 11.8 Å². The maximum atomic E-state index is 12.5. The monoisotopic (exact) mass is 369 g/mol. The van der Waals surface area contributed by atoms with Crippen molar-refractivity contribution in [2.24, 2.45) is 5.92 Å². The van der Waals surface area contributed by atoms with Gasteiger partial charge >= 0.3 is 0 Å². The number of aliphatic hydroxyl groups is 1. The number of carbonyl (C=O) groups excluding carboxylic acids is 1. The van der Waals surface area contributed by atoms with Gasteiger partial charge in [0.25, 0.3) is 5.56 Å². The first-order valence-electron chi connectivity index (χ1n) is 9.57. The van der Waals surface area contributed by atoms with Gasteiger partial charge in [0.05, 0.1) is 12.5 Å². The van der Waals surface area contributed by atoms with Gasteiger partial charge in [0.2, 0.25) is 5.91 Å². The molecule has 6 nitrogen and oxygen atoms in total. The molecule has 0 bridgehead atoms. The van der Waals surface area contributed by atoms with Crippen molar-refractivity contribution < 1.29 is 9.90 Å². The summed E-state index contributed by atoms with van der Waals surface area (Å²) in [6.45, 7) is 2.97. The van der Waals surface area contributed by atoms with Crippen molar-refractivity contribution in [2.45, 2.75) is 45.1 Å². The summed E-state index contributed by atoms with van der Waals surface area (Å²) < 4.78 is 0. The molecule has 1 aliphatic heterocycles. The largest absolute Gasteiger partial charge is 0.393 e. The minimum absolute atomic E-state index is 0.0524. The van der Waals surface area contributed by atoms with E-state index in [2.05, 4.69) is 22.1 Å². The number of aryl methyl sites for hydroxylation is 2. The molecule has 1 aromatic carbocycles.